The first-order valence-corrected chi connectivity index (χ1v) is 9.08. The average Bonchev–Trinajstić information content (AvgIpc) is 2.98. The molecule has 0 aliphatic rings. The lowest BCUT2D eigenvalue weighted by molar-refractivity contribution is 0.102. The molecule has 0 saturated carbocycles. The molecule has 1 heterocycles. The smallest absolute Gasteiger partial charge is 0.280 e. The van der Waals surface area contributed by atoms with Gasteiger partial charge in [0.2, 0.25) is 0 Å². The predicted molar refractivity (Wildman–Crippen MR) is 106 cm³/mol. The summed E-state index contributed by atoms with van der Waals surface area (Å²) in [4.78, 5) is 12.5. The van der Waals surface area contributed by atoms with E-state index in [1.54, 1.807) is 0 Å². The molecule has 6 nitrogen and oxygen atoms in total. The Hall–Kier alpha value is -2.67. The van der Waals surface area contributed by atoms with Crippen LogP contribution in [0.15, 0.2) is 53.0 Å². The molecule has 0 saturated heterocycles. The van der Waals surface area contributed by atoms with Gasteiger partial charge in [0.25, 0.3) is 5.91 Å². The van der Waals surface area contributed by atoms with Crippen molar-refractivity contribution in [1.29, 1.82) is 0 Å². The molecule has 3 aromatic rings. The number of aromatic nitrogens is 3. The van der Waals surface area contributed by atoms with Crippen LogP contribution in [0.4, 0.5) is 11.5 Å². The maximum atomic E-state index is 12.5. The van der Waals surface area contributed by atoms with Gasteiger partial charge in [0.1, 0.15) is 0 Å². The summed E-state index contributed by atoms with van der Waals surface area (Å²) in [6.07, 6.45) is 0. The van der Waals surface area contributed by atoms with Crippen LogP contribution in [-0.4, -0.2) is 20.9 Å². The molecule has 0 fully saturated rings. The van der Waals surface area contributed by atoms with Crippen molar-refractivity contribution >= 4 is 33.3 Å². The summed E-state index contributed by atoms with van der Waals surface area (Å²) in [7, 11) is 0. The van der Waals surface area contributed by atoms with E-state index in [4.69, 9.17) is 5.73 Å². The normalized spacial score (nSPS) is 10.9. The van der Waals surface area contributed by atoms with Crippen LogP contribution in [0.3, 0.4) is 0 Å². The van der Waals surface area contributed by atoms with E-state index in [1.165, 1.54) is 10.2 Å². The molecule has 0 unspecified atom stereocenters. The van der Waals surface area contributed by atoms with Crippen LogP contribution in [0.25, 0.3) is 0 Å². The molecule has 0 aliphatic heterocycles. The van der Waals surface area contributed by atoms with Gasteiger partial charge in [0.15, 0.2) is 11.5 Å². The quantitative estimate of drug-likeness (QED) is 0.660. The van der Waals surface area contributed by atoms with Crippen molar-refractivity contribution in [2.24, 2.45) is 0 Å². The first-order chi connectivity index (χ1) is 12.4. The number of amides is 1. The molecule has 7 heteroatoms. The molecule has 0 bridgehead atoms. The topological polar surface area (TPSA) is 85.8 Å². The van der Waals surface area contributed by atoms with Crippen molar-refractivity contribution in [2.75, 3.05) is 11.1 Å². The second-order valence-electron chi connectivity index (χ2n) is 6.34. The molecule has 26 heavy (non-hydrogen) atoms. The minimum absolute atomic E-state index is 0.120. The van der Waals surface area contributed by atoms with Crippen LogP contribution in [0, 0.1) is 0 Å². The van der Waals surface area contributed by atoms with Crippen LogP contribution in [0.5, 0.6) is 0 Å². The Labute approximate surface area is 160 Å². The maximum absolute atomic E-state index is 12.5. The van der Waals surface area contributed by atoms with E-state index in [0.717, 1.165) is 10.0 Å². The monoisotopic (exact) mass is 413 g/mol. The predicted octanol–water partition coefficient (Wildman–Crippen LogP) is 4.05. The van der Waals surface area contributed by atoms with Gasteiger partial charge in [0.05, 0.1) is 6.54 Å². The highest BCUT2D eigenvalue weighted by Crippen LogP contribution is 2.19. The molecule has 0 atom stereocenters. The summed E-state index contributed by atoms with van der Waals surface area (Å²) >= 11 is 3.40. The van der Waals surface area contributed by atoms with Crippen molar-refractivity contribution in [2.45, 2.75) is 26.3 Å². The second-order valence-corrected chi connectivity index (χ2v) is 7.25. The van der Waals surface area contributed by atoms with Crippen LogP contribution < -0.4 is 11.1 Å². The molecule has 0 radical (unpaired) electrons. The van der Waals surface area contributed by atoms with Crippen LogP contribution >= 0.6 is 15.9 Å². The Morgan fingerprint density at radius 3 is 2.42 bits per heavy atom. The number of nitrogens with one attached hydrogen (secondary N) is 1. The summed E-state index contributed by atoms with van der Waals surface area (Å²) in [5, 5.41) is 10.7. The molecule has 134 valence electrons. The SMILES string of the molecule is CC(C)c1ccc(NC(=O)c2nnn(Cc3ccc(Br)cc3)c2N)cc1. The Bertz CT molecular complexity index is 901. The second kappa shape index (κ2) is 7.70. The number of hydrogen-bond acceptors (Lipinski definition) is 4. The number of nitrogens with zero attached hydrogens (tertiary/aromatic N) is 3. The van der Waals surface area contributed by atoms with Crippen LogP contribution in [0.2, 0.25) is 0 Å². The summed E-state index contributed by atoms with van der Waals surface area (Å²) in [6, 6.07) is 15.5. The minimum atomic E-state index is -0.373. The fourth-order valence-electron chi connectivity index (χ4n) is 2.50. The number of nitrogens with two attached hydrogens (primary N) is 1. The van der Waals surface area contributed by atoms with Crippen LogP contribution in [0.1, 0.15) is 41.4 Å². The molecular formula is C19H20BrN5O. The maximum Gasteiger partial charge on any atom is 0.280 e. The number of hydrogen-bond donors (Lipinski definition) is 2. The number of carbonyl (C=O) groups is 1. The molecular weight excluding hydrogens is 394 g/mol. The number of carbonyl (C=O) groups excluding carboxylic acids is 1. The van der Waals surface area contributed by atoms with Gasteiger partial charge in [-0.2, -0.15) is 0 Å². The Balaban J connectivity index is 1.72. The molecule has 3 rings (SSSR count). The van der Waals surface area contributed by atoms with E-state index in [9.17, 15) is 4.79 Å². The average molecular weight is 414 g/mol. The van der Waals surface area contributed by atoms with Gasteiger partial charge in [-0.05, 0) is 41.3 Å². The number of halogens is 1. The molecule has 0 spiro atoms. The lowest BCUT2D eigenvalue weighted by atomic mass is 10.0. The van der Waals surface area contributed by atoms with E-state index in [1.807, 2.05) is 48.5 Å². The molecule has 0 aliphatic carbocycles. The Morgan fingerprint density at radius 1 is 1.15 bits per heavy atom. The van der Waals surface area contributed by atoms with Gasteiger partial charge in [0, 0.05) is 10.2 Å². The third kappa shape index (κ3) is 4.11. The number of anilines is 2. The first-order valence-electron chi connectivity index (χ1n) is 8.28. The van der Waals surface area contributed by atoms with E-state index in [2.05, 4.69) is 45.4 Å². The lowest BCUT2D eigenvalue weighted by Crippen LogP contribution is -2.15. The van der Waals surface area contributed by atoms with Gasteiger partial charge in [-0.15, -0.1) is 5.10 Å². The standard InChI is InChI=1S/C19H20BrN5O/c1-12(2)14-5-9-16(10-6-14)22-19(26)17-18(21)25(24-23-17)11-13-3-7-15(20)8-4-13/h3-10,12H,11,21H2,1-2H3,(H,22,26). The highest BCUT2D eigenvalue weighted by molar-refractivity contribution is 9.10. The Morgan fingerprint density at radius 2 is 1.81 bits per heavy atom. The molecule has 1 amide bonds. The van der Waals surface area contributed by atoms with E-state index < -0.39 is 0 Å². The molecule has 1 aromatic heterocycles. The van der Waals surface area contributed by atoms with Gasteiger partial charge < -0.3 is 11.1 Å². The zero-order valence-corrected chi connectivity index (χ0v) is 16.2. The summed E-state index contributed by atoms with van der Waals surface area (Å²) in [5.74, 6) is 0.306. The van der Waals surface area contributed by atoms with E-state index in [-0.39, 0.29) is 17.4 Å². The third-order valence-corrected chi connectivity index (χ3v) is 4.60. The van der Waals surface area contributed by atoms with Crippen LogP contribution in [-0.2, 0) is 6.54 Å². The lowest BCUT2D eigenvalue weighted by Gasteiger charge is -2.08. The number of rotatable bonds is 5. The summed E-state index contributed by atoms with van der Waals surface area (Å²) in [6.45, 7) is 4.69. The highest BCUT2D eigenvalue weighted by atomic mass is 79.9. The van der Waals surface area contributed by atoms with E-state index in [0.29, 0.717) is 18.2 Å². The van der Waals surface area contributed by atoms with Gasteiger partial charge >= 0.3 is 0 Å². The minimum Gasteiger partial charge on any atom is -0.382 e. The summed E-state index contributed by atoms with van der Waals surface area (Å²) < 4.78 is 2.51. The van der Waals surface area contributed by atoms with Crippen molar-refractivity contribution in [3.8, 4) is 0 Å². The van der Waals surface area contributed by atoms with Crippen molar-refractivity contribution in [3.63, 3.8) is 0 Å². The fourth-order valence-corrected chi connectivity index (χ4v) is 2.77. The largest absolute Gasteiger partial charge is 0.382 e. The number of nitrogen functional groups attached to an aromatic ring is 1. The van der Waals surface area contributed by atoms with Gasteiger partial charge in [-0.1, -0.05) is 59.3 Å². The van der Waals surface area contributed by atoms with Crippen molar-refractivity contribution in [3.05, 3.63) is 69.8 Å². The van der Waals surface area contributed by atoms with Gasteiger partial charge in [-0.3, -0.25) is 4.79 Å². The summed E-state index contributed by atoms with van der Waals surface area (Å²) in [5.41, 5.74) is 9.11. The van der Waals surface area contributed by atoms with Crippen molar-refractivity contribution in [1.82, 2.24) is 15.0 Å². The van der Waals surface area contributed by atoms with E-state index >= 15 is 0 Å². The fraction of sp³-hybridized carbons (Fsp3) is 0.211. The molecule has 2 aromatic carbocycles. The highest BCUT2D eigenvalue weighted by Gasteiger charge is 2.18. The first kappa shape index (κ1) is 18.1. The molecule has 3 N–H and O–H groups in total. The number of benzene rings is 2. The third-order valence-electron chi connectivity index (χ3n) is 4.07. The van der Waals surface area contributed by atoms with Gasteiger partial charge in [-0.25, -0.2) is 4.68 Å². The zero-order valence-electron chi connectivity index (χ0n) is 14.6. The Kier molecular flexibility index (Phi) is 5.37. The van der Waals surface area contributed by atoms with Crippen molar-refractivity contribution < 1.29 is 4.79 Å². The zero-order chi connectivity index (χ0) is 18.7.